The highest BCUT2D eigenvalue weighted by Crippen LogP contribution is 2.22. The molecule has 0 aromatic carbocycles. The number of aliphatic carboxylic acids is 1. The highest BCUT2D eigenvalue weighted by molar-refractivity contribution is 5.72. The molecule has 0 heterocycles. The van der Waals surface area contributed by atoms with Crippen molar-refractivity contribution in [2.45, 2.75) is 96.8 Å². The fraction of sp³-hybridized carbons (Fsp3) is 0.913. The Bertz CT molecular complexity index is 427. The Morgan fingerprint density at radius 1 is 0.767 bits per heavy atom. The second-order valence-electron chi connectivity index (χ2n) is 8.54. The number of aliphatic hydroxyl groups is 3. The Morgan fingerprint density at radius 2 is 1.23 bits per heavy atom. The van der Waals surface area contributed by atoms with E-state index in [2.05, 4.69) is 6.92 Å². The van der Waals surface area contributed by atoms with E-state index in [4.69, 9.17) is 9.84 Å². The van der Waals surface area contributed by atoms with Gasteiger partial charge < -0.3 is 25.2 Å². The van der Waals surface area contributed by atoms with Crippen molar-refractivity contribution < 1.29 is 34.8 Å². The first kappa shape index (κ1) is 28.8. The smallest absolute Gasteiger partial charge is 0.308 e. The molecule has 1 unspecified atom stereocenters. The summed E-state index contributed by atoms with van der Waals surface area (Å²) in [6, 6.07) is 0. The second kappa shape index (κ2) is 18.6. The van der Waals surface area contributed by atoms with Crippen molar-refractivity contribution in [1.29, 1.82) is 0 Å². The zero-order chi connectivity index (χ0) is 22.7. The van der Waals surface area contributed by atoms with Gasteiger partial charge in [0.2, 0.25) is 0 Å². The van der Waals surface area contributed by atoms with Gasteiger partial charge in [0.25, 0.3) is 0 Å². The van der Waals surface area contributed by atoms with E-state index in [0.29, 0.717) is 0 Å². The number of unbranched alkanes of at least 4 members (excludes halogenated alkanes) is 9. The van der Waals surface area contributed by atoms with Crippen LogP contribution >= 0.6 is 0 Å². The molecule has 0 bridgehead atoms. The van der Waals surface area contributed by atoms with Crippen molar-refractivity contribution in [1.82, 2.24) is 0 Å². The zero-order valence-electron chi connectivity index (χ0n) is 18.8. The Hall–Kier alpha value is -1.18. The van der Waals surface area contributed by atoms with Gasteiger partial charge in [-0.25, -0.2) is 0 Å². The summed E-state index contributed by atoms with van der Waals surface area (Å²) in [5, 5.41) is 36.8. The van der Waals surface area contributed by atoms with Gasteiger partial charge in [-0.15, -0.1) is 0 Å². The highest BCUT2D eigenvalue weighted by atomic mass is 16.5. The molecule has 0 radical (unpaired) electrons. The van der Waals surface area contributed by atoms with Crippen LogP contribution in [0.5, 0.6) is 0 Å². The Labute approximate surface area is 181 Å². The first-order valence-corrected chi connectivity index (χ1v) is 11.7. The lowest BCUT2D eigenvalue weighted by Crippen LogP contribution is -2.40. The maximum Gasteiger partial charge on any atom is 0.308 e. The van der Waals surface area contributed by atoms with Crippen LogP contribution in [0.25, 0.3) is 0 Å². The Kier molecular flexibility index (Phi) is 17.8. The average molecular weight is 433 g/mol. The predicted molar refractivity (Wildman–Crippen MR) is 116 cm³/mol. The van der Waals surface area contributed by atoms with E-state index >= 15 is 0 Å². The molecule has 0 saturated heterocycles. The standard InChI is InChI=1S/C23H44O7/c1-2-3-4-10-13-20(22(29)30-19-23(16-24,17-25)18-26)14-11-8-6-5-7-9-12-15-21(27)28/h20,24-26H,2-19H2,1H3,(H,27,28). The maximum absolute atomic E-state index is 12.6. The summed E-state index contributed by atoms with van der Waals surface area (Å²) in [5.41, 5.74) is -1.19. The number of carbonyl (C=O) groups is 2. The van der Waals surface area contributed by atoms with E-state index in [-0.39, 0.29) is 24.9 Å². The molecular weight excluding hydrogens is 388 g/mol. The fourth-order valence-corrected chi connectivity index (χ4v) is 3.38. The van der Waals surface area contributed by atoms with Crippen molar-refractivity contribution in [3.8, 4) is 0 Å². The number of ether oxygens (including phenoxy) is 1. The predicted octanol–water partition coefficient (Wildman–Crippen LogP) is 3.68. The second-order valence-corrected chi connectivity index (χ2v) is 8.54. The molecule has 0 aliphatic heterocycles. The largest absolute Gasteiger partial charge is 0.481 e. The summed E-state index contributed by atoms with van der Waals surface area (Å²) in [4.78, 5) is 23.1. The van der Waals surface area contributed by atoms with Gasteiger partial charge in [0, 0.05) is 6.42 Å². The van der Waals surface area contributed by atoms with Crippen LogP contribution in [0.1, 0.15) is 96.8 Å². The van der Waals surface area contributed by atoms with Crippen LogP contribution in [0.15, 0.2) is 0 Å². The lowest BCUT2D eigenvalue weighted by atomic mass is 9.92. The third-order valence-electron chi connectivity index (χ3n) is 5.71. The molecule has 0 aliphatic carbocycles. The van der Waals surface area contributed by atoms with Gasteiger partial charge in [-0.2, -0.15) is 0 Å². The Balaban J connectivity index is 4.29. The first-order chi connectivity index (χ1) is 14.4. The van der Waals surface area contributed by atoms with Gasteiger partial charge >= 0.3 is 11.9 Å². The number of rotatable bonds is 21. The molecule has 0 rings (SSSR count). The SMILES string of the molecule is CCCCCCC(CCCCCCCCCC(=O)O)C(=O)OCC(CO)(CO)CO. The van der Waals surface area contributed by atoms with E-state index in [1.165, 1.54) is 0 Å². The van der Waals surface area contributed by atoms with Crippen LogP contribution in [-0.4, -0.2) is 58.8 Å². The van der Waals surface area contributed by atoms with Crippen LogP contribution in [0, 0.1) is 11.3 Å². The number of carboxylic acids is 1. The molecular formula is C23H44O7. The zero-order valence-corrected chi connectivity index (χ0v) is 18.8. The minimum Gasteiger partial charge on any atom is -0.481 e. The molecule has 0 spiro atoms. The fourth-order valence-electron chi connectivity index (χ4n) is 3.38. The number of esters is 1. The van der Waals surface area contributed by atoms with Crippen LogP contribution in [0.2, 0.25) is 0 Å². The third-order valence-corrected chi connectivity index (χ3v) is 5.71. The van der Waals surface area contributed by atoms with Gasteiger partial charge in [0.05, 0.1) is 31.2 Å². The number of aliphatic hydroxyl groups excluding tert-OH is 3. The summed E-state index contributed by atoms with van der Waals surface area (Å²) in [6.07, 6.45) is 13.0. The highest BCUT2D eigenvalue weighted by Gasteiger charge is 2.31. The van der Waals surface area contributed by atoms with E-state index in [9.17, 15) is 24.9 Å². The third kappa shape index (κ3) is 13.9. The number of hydrogen-bond acceptors (Lipinski definition) is 6. The first-order valence-electron chi connectivity index (χ1n) is 11.7. The van der Waals surface area contributed by atoms with Gasteiger partial charge in [-0.3, -0.25) is 9.59 Å². The van der Waals surface area contributed by atoms with Crippen molar-refractivity contribution in [3.05, 3.63) is 0 Å². The number of hydrogen-bond donors (Lipinski definition) is 4. The summed E-state index contributed by atoms with van der Waals surface area (Å²) in [5.74, 6) is -1.23. The van der Waals surface area contributed by atoms with E-state index in [1.54, 1.807) is 0 Å². The van der Waals surface area contributed by atoms with Crippen LogP contribution in [-0.2, 0) is 14.3 Å². The number of carbonyl (C=O) groups excluding carboxylic acids is 1. The molecule has 7 nitrogen and oxygen atoms in total. The molecule has 0 fully saturated rings. The molecule has 4 N–H and O–H groups in total. The topological polar surface area (TPSA) is 124 Å². The van der Waals surface area contributed by atoms with E-state index in [0.717, 1.165) is 83.5 Å². The van der Waals surface area contributed by atoms with Crippen molar-refractivity contribution in [2.24, 2.45) is 11.3 Å². The summed E-state index contributed by atoms with van der Waals surface area (Å²) in [6.45, 7) is 0.631. The van der Waals surface area contributed by atoms with Crippen LogP contribution in [0.3, 0.4) is 0 Å². The molecule has 0 aromatic heterocycles. The normalized spacial score (nSPS) is 12.7. The molecule has 30 heavy (non-hydrogen) atoms. The monoisotopic (exact) mass is 432 g/mol. The summed E-state index contributed by atoms with van der Waals surface area (Å²) in [7, 11) is 0. The molecule has 0 saturated carbocycles. The van der Waals surface area contributed by atoms with E-state index in [1.807, 2.05) is 0 Å². The molecule has 0 amide bonds. The minimum atomic E-state index is -1.19. The van der Waals surface area contributed by atoms with E-state index < -0.39 is 31.2 Å². The minimum absolute atomic E-state index is 0.183. The molecule has 7 heteroatoms. The van der Waals surface area contributed by atoms with Crippen molar-refractivity contribution in [2.75, 3.05) is 26.4 Å². The lowest BCUT2D eigenvalue weighted by molar-refractivity contribution is -0.156. The quantitative estimate of drug-likeness (QED) is 0.161. The summed E-state index contributed by atoms with van der Waals surface area (Å²) < 4.78 is 5.37. The molecule has 178 valence electrons. The van der Waals surface area contributed by atoms with Gasteiger partial charge in [0.1, 0.15) is 6.61 Å². The molecule has 1 atom stereocenters. The number of carboxylic acid groups (broad SMARTS) is 1. The van der Waals surface area contributed by atoms with Gasteiger partial charge in [-0.1, -0.05) is 71.1 Å². The van der Waals surface area contributed by atoms with Gasteiger partial charge in [0.15, 0.2) is 0 Å². The maximum atomic E-state index is 12.6. The lowest BCUT2D eigenvalue weighted by Gasteiger charge is -2.27. The average Bonchev–Trinajstić information content (AvgIpc) is 2.75. The van der Waals surface area contributed by atoms with Gasteiger partial charge in [-0.05, 0) is 19.3 Å². The van der Waals surface area contributed by atoms with Crippen molar-refractivity contribution >= 4 is 11.9 Å². The molecule has 0 aliphatic rings. The Morgan fingerprint density at radius 3 is 1.70 bits per heavy atom. The molecule has 0 aromatic rings. The summed E-state index contributed by atoms with van der Waals surface area (Å²) >= 11 is 0. The van der Waals surface area contributed by atoms with Crippen LogP contribution < -0.4 is 0 Å². The van der Waals surface area contributed by atoms with Crippen molar-refractivity contribution in [3.63, 3.8) is 0 Å². The van der Waals surface area contributed by atoms with Crippen LogP contribution in [0.4, 0.5) is 0 Å².